The summed E-state index contributed by atoms with van der Waals surface area (Å²) in [6, 6.07) is 20.3. The molecule has 3 heterocycles. The third kappa shape index (κ3) is 5.69. The minimum atomic E-state index is -0.499. The van der Waals surface area contributed by atoms with Gasteiger partial charge in [-0.15, -0.1) is 5.10 Å². The zero-order valence-electron chi connectivity index (χ0n) is 21.4. The summed E-state index contributed by atoms with van der Waals surface area (Å²) in [5, 5.41) is 19.6. The number of carbonyl (C=O) groups excluding carboxylic acids is 1. The number of hydrogen-bond acceptors (Lipinski definition) is 6. The second-order valence-electron chi connectivity index (χ2n) is 9.29. The van der Waals surface area contributed by atoms with Gasteiger partial charge in [0.25, 0.3) is 0 Å². The highest BCUT2D eigenvalue weighted by Crippen LogP contribution is 2.31. The lowest BCUT2D eigenvalue weighted by molar-refractivity contribution is -0.117. The van der Waals surface area contributed by atoms with Crippen LogP contribution >= 0.6 is 23.2 Å². The summed E-state index contributed by atoms with van der Waals surface area (Å²) in [4.78, 5) is 21.2. The third-order valence-corrected chi connectivity index (χ3v) is 7.05. The first-order chi connectivity index (χ1) is 19.9. The average molecular weight is 584 g/mol. The van der Waals surface area contributed by atoms with E-state index in [0.29, 0.717) is 39.5 Å². The number of fused-ring (bicyclic) bond motifs is 1. The Labute approximate surface area is 244 Å². The number of nitrogen functional groups attached to an aromatic ring is 1. The molecule has 5 N–H and O–H groups in total. The molecule has 0 radical (unpaired) electrons. The standard InChI is InChI=1S/C29H23Cl2N9O/c30-20-8-10-24(40-13-12-33-39-40)18(15-20)7-11-25(41)34-23(14-17-4-2-1-3-5-17)29-35-26(27(31)36-29)19-6-9-21-22(16-19)37-38-28(21)32/h1-13,15-16,23H,14H2,(H,34,41)(H,35,36)(H3,32,37,38)/t23-/m0/s1. The number of nitrogens with two attached hydrogens (primary N) is 1. The van der Waals surface area contributed by atoms with Crippen LogP contribution in [0.25, 0.3) is 33.9 Å². The van der Waals surface area contributed by atoms with E-state index in [0.717, 1.165) is 27.7 Å². The van der Waals surface area contributed by atoms with Gasteiger partial charge < -0.3 is 16.0 Å². The lowest BCUT2D eigenvalue weighted by atomic mass is 10.1. The molecule has 1 atom stereocenters. The minimum Gasteiger partial charge on any atom is -0.382 e. The second-order valence-corrected chi connectivity index (χ2v) is 10.1. The maximum absolute atomic E-state index is 13.2. The number of imidazole rings is 1. The summed E-state index contributed by atoms with van der Waals surface area (Å²) < 4.78 is 1.60. The molecular weight excluding hydrogens is 561 g/mol. The van der Waals surface area contributed by atoms with Gasteiger partial charge in [0.1, 0.15) is 16.7 Å². The summed E-state index contributed by atoms with van der Waals surface area (Å²) in [5.74, 6) is 0.620. The first-order valence-corrected chi connectivity index (χ1v) is 13.4. The summed E-state index contributed by atoms with van der Waals surface area (Å²) in [7, 11) is 0. The molecule has 0 saturated heterocycles. The Balaban J connectivity index is 1.29. The summed E-state index contributed by atoms with van der Waals surface area (Å²) >= 11 is 12.9. The Kier molecular flexibility index (Phi) is 7.24. The Morgan fingerprint density at radius 1 is 1.10 bits per heavy atom. The summed E-state index contributed by atoms with van der Waals surface area (Å²) in [6.45, 7) is 0. The molecule has 6 rings (SSSR count). The van der Waals surface area contributed by atoms with Crippen molar-refractivity contribution in [3.05, 3.63) is 112 Å². The van der Waals surface area contributed by atoms with E-state index in [1.807, 2.05) is 54.6 Å². The van der Waals surface area contributed by atoms with E-state index < -0.39 is 6.04 Å². The third-order valence-electron chi connectivity index (χ3n) is 6.55. The predicted octanol–water partition coefficient (Wildman–Crippen LogP) is 5.54. The molecule has 0 unspecified atom stereocenters. The van der Waals surface area contributed by atoms with Crippen LogP contribution in [-0.4, -0.2) is 41.1 Å². The number of halogens is 2. The van der Waals surface area contributed by atoms with Crippen molar-refractivity contribution >= 4 is 51.9 Å². The minimum absolute atomic E-state index is 0.320. The number of nitrogens with zero attached hydrogens (tertiary/aromatic N) is 5. The van der Waals surface area contributed by atoms with Crippen LogP contribution < -0.4 is 11.1 Å². The van der Waals surface area contributed by atoms with Gasteiger partial charge in [-0.05, 0) is 48.4 Å². The highest BCUT2D eigenvalue weighted by molar-refractivity contribution is 6.32. The van der Waals surface area contributed by atoms with Crippen LogP contribution in [0.5, 0.6) is 0 Å². The Hall–Kier alpha value is -4.93. The van der Waals surface area contributed by atoms with Crippen LogP contribution in [0, 0.1) is 0 Å². The van der Waals surface area contributed by atoms with Gasteiger partial charge in [0.2, 0.25) is 5.91 Å². The number of anilines is 1. The molecule has 0 aliphatic heterocycles. The normalized spacial score (nSPS) is 12.2. The first kappa shape index (κ1) is 26.3. The molecule has 0 saturated carbocycles. The number of aromatic amines is 2. The van der Waals surface area contributed by atoms with Crippen molar-refractivity contribution in [3.8, 4) is 16.9 Å². The fourth-order valence-corrected chi connectivity index (χ4v) is 5.00. The van der Waals surface area contributed by atoms with Crippen molar-refractivity contribution in [1.29, 1.82) is 0 Å². The van der Waals surface area contributed by atoms with Gasteiger partial charge in [-0.2, -0.15) is 5.10 Å². The van der Waals surface area contributed by atoms with Crippen LogP contribution in [0.3, 0.4) is 0 Å². The molecule has 0 fully saturated rings. The fourth-order valence-electron chi connectivity index (χ4n) is 4.57. The topological polar surface area (TPSA) is 143 Å². The Morgan fingerprint density at radius 3 is 2.76 bits per heavy atom. The van der Waals surface area contributed by atoms with E-state index in [1.165, 1.54) is 6.08 Å². The Bertz CT molecular complexity index is 1860. The number of hydrogen-bond donors (Lipinski definition) is 4. The van der Waals surface area contributed by atoms with E-state index >= 15 is 0 Å². The largest absolute Gasteiger partial charge is 0.382 e. The predicted molar refractivity (Wildman–Crippen MR) is 160 cm³/mol. The molecule has 3 aromatic heterocycles. The highest BCUT2D eigenvalue weighted by atomic mass is 35.5. The quantitative estimate of drug-likeness (QED) is 0.173. The van der Waals surface area contributed by atoms with Gasteiger partial charge in [-0.1, -0.05) is 64.8 Å². The SMILES string of the molecule is Nc1n[nH]c2cc(-c3nc([C@H](Cc4ccccc4)NC(=O)C=Cc4cc(Cl)ccc4-n4ccnn4)[nH]c3Cl)ccc12. The lowest BCUT2D eigenvalue weighted by Crippen LogP contribution is -2.29. The van der Waals surface area contributed by atoms with Crippen molar-refractivity contribution in [2.45, 2.75) is 12.5 Å². The van der Waals surface area contributed by atoms with Gasteiger partial charge >= 0.3 is 0 Å². The van der Waals surface area contributed by atoms with Crippen molar-refractivity contribution < 1.29 is 4.79 Å². The summed E-state index contributed by atoms with van der Waals surface area (Å²) in [6.07, 6.45) is 6.92. The van der Waals surface area contributed by atoms with Crippen molar-refractivity contribution in [1.82, 2.24) is 40.5 Å². The highest BCUT2D eigenvalue weighted by Gasteiger charge is 2.21. The lowest BCUT2D eigenvalue weighted by Gasteiger charge is -2.16. The average Bonchev–Trinajstić information content (AvgIpc) is 3.73. The molecule has 1 amide bonds. The maximum atomic E-state index is 13.2. The van der Waals surface area contributed by atoms with Crippen molar-refractivity contribution in [2.75, 3.05) is 5.73 Å². The monoisotopic (exact) mass is 583 g/mol. The molecule has 6 aromatic rings. The molecular formula is C29H23Cl2N9O. The van der Waals surface area contributed by atoms with Gasteiger partial charge in [-0.3, -0.25) is 9.89 Å². The molecule has 12 heteroatoms. The van der Waals surface area contributed by atoms with E-state index in [-0.39, 0.29) is 5.91 Å². The van der Waals surface area contributed by atoms with Crippen LogP contribution in [0.15, 0.2) is 85.2 Å². The number of aromatic nitrogens is 7. The van der Waals surface area contributed by atoms with Crippen LogP contribution in [0.2, 0.25) is 10.2 Å². The molecule has 41 heavy (non-hydrogen) atoms. The zero-order valence-corrected chi connectivity index (χ0v) is 22.9. The van der Waals surface area contributed by atoms with E-state index in [4.69, 9.17) is 33.9 Å². The van der Waals surface area contributed by atoms with Gasteiger partial charge in [-0.25, -0.2) is 9.67 Å². The zero-order chi connectivity index (χ0) is 28.3. The molecule has 204 valence electrons. The molecule has 0 bridgehead atoms. The number of rotatable bonds is 8. The van der Waals surface area contributed by atoms with Gasteiger partial charge in [0.15, 0.2) is 5.82 Å². The van der Waals surface area contributed by atoms with Crippen molar-refractivity contribution in [2.24, 2.45) is 0 Å². The molecule has 0 aliphatic carbocycles. The number of H-pyrrole nitrogens is 2. The van der Waals surface area contributed by atoms with Gasteiger partial charge in [0, 0.05) is 27.6 Å². The molecule has 0 spiro atoms. The van der Waals surface area contributed by atoms with E-state index in [1.54, 1.807) is 35.3 Å². The van der Waals surface area contributed by atoms with E-state index in [9.17, 15) is 4.79 Å². The van der Waals surface area contributed by atoms with Crippen molar-refractivity contribution in [3.63, 3.8) is 0 Å². The molecule has 3 aromatic carbocycles. The number of amides is 1. The maximum Gasteiger partial charge on any atom is 0.244 e. The van der Waals surface area contributed by atoms with Crippen LogP contribution in [0.1, 0.15) is 23.0 Å². The number of benzene rings is 3. The fraction of sp³-hybridized carbons (Fsp3) is 0.0690. The smallest absolute Gasteiger partial charge is 0.244 e. The number of carbonyl (C=O) groups is 1. The van der Waals surface area contributed by atoms with E-state index in [2.05, 4.69) is 30.8 Å². The summed E-state index contributed by atoms with van der Waals surface area (Å²) in [5.41, 5.74) is 10.5. The first-order valence-electron chi connectivity index (χ1n) is 12.6. The van der Waals surface area contributed by atoms with Gasteiger partial charge in [0.05, 0.1) is 29.6 Å². The second kappa shape index (κ2) is 11.3. The molecule has 0 aliphatic rings. The molecule has 10 nitrogen and oxygen atoms in total. The number of nitrogens with one attached hydrogen (secondary N) is 3. The van der Waals surface area contributed by atoms with Crippen LogP contribution in [-0.2, 0) is 11.2 Å². The van der Waals surface area contributed by atoms with Crippen LogP contribution in [0.4, 0.5) is 5.82 Å². The Morgan fingerprint density at radius 2 is 1.95 bits per heavy atom.